The molecular formula is C11H13N3O5. The van der Waals surface area contributed by atoms with E-state index in [-0.39, 0.29) is 24.1 Å². The van der Waals surface area contributed by atoms with Gasteiger partial charge in [0.05, 0.1) is 17.0 Å². The van der Waals surface area contributed by atoms with Crippen LogP contribution in [-0.4, -0.2) is 30.7 Å². The van der Waals surface area contributed by atoms with Crippen molar-refractivity contribution in [3.8, 4) is 11.5 Å². The fourth-order valence-electron chi connectivity index (χ4n) is 1.55. The van der Waals surface area contributed by atoms with Crippen molar-refractivity contribution in [3.05, 3.63) is 22.2 Å². The number of likely N-dealkylation sites (N-methyl/N-ethyl adjacent to an activating group) is 1. The average Bonchev–Trinajstić information content (AvgIpc) is 2.83. The molecule has 1 unspecified atom stereocenters. The number of carbonyl (C=O) groups excluding carboxylic acids is 1. The predicted molar refractivity (Wildman–Crippen MR) is 66.4 cm³/mol. The van der Waals surface area contributed by atoms with Gasteiger partial charge < -0.3 is 20.1 Å². The quantitative estimate of drug-likeness (QED) is 0.619. The van der Waals surface area contributed by atoms with Crippen molar-refractivity contribution < 1.29 is 19.2 Å². The molecule has 0 bridgehead atoms. The van der Waals surface area contributed by atoms with Gasteiger partial charge in [0.2, 0.25) is 12.7 Å². The Morgan fingerprint density at radius 1 is 1.42 bits per heavy atom. The van der Waals surface area contributed by atoms with Crippen molar-refractivity contribution in [1.29, 1.82) is 0 Å². The normalized spacial score (nSPS) is 14.0. The van der Waals surface area contributed by atoms with Crippen molar-refractivity contribution >= 4 is 17.3 Å². The summed E-state index contributed by atoms with van der Waals surface area (Å²) in [5.74, 6) is 0.300. The van der Waals surface area contributed by atoms with Gasteiger partial charge in [0.25, 0.3) is 5.69 Å². The second-order valence-corrected chi connectivity index (χ2v) is 3.98. The Morgan fingerprint density at radius 2 is 2.05 bits per heavy atom. The molecule has 19 heavy (non-hydrogen) atoms. The van der Waals surface area contributed by atoms with Crippen LogP contribution in [-0.2, 0) is 4.79 Å². The van der Waals surface area contributed by atoms with E-state index < -0.39 is 11.0 Å². The minimum absolute atomic E-state index is 0.0107. The first-order valence-electron chi connectivity index (χ1n) is 5.59. The van der Waals surface area contributed by atoms with Crippen LogP contribution >= 0.6 is 0 Å². The number of benzene rings is 1. The van der Waals surface area contributed by atoms with Crippen LogP contribution in [0, 0.1) is 10.1 Å². The lowest BCUT2D eigenvalue weighted by atomic mass is 10.2. The lowest BCUT2D eigenvalue weighted by molar-refractivity contribution is -0.384. The maximum atomic E-state index is 11.8. The Morgan fingerprint density at radius 3 is 2.63 bits per heavy atom. The van der Waals surface area contributed by atoms with E-state index in [9.17, 15) is 14.9 Å². The maximum absolute atomic E-state index is 11.8. The molecule has 102 valence electrons. The second-order valence-electron chi connectivity index (χ2n) is 3.98. The van der Waals surface area contributed by atoms with Gasteiger partial charge in [-0.05, 0) is 14.0 Å². The van der Waals surface area contributed by atoms with Crippen LogP contribution in [0.5, 0.6) is 11.5 Å². The number of nitrogens with zero attached hydrogens (tertiary/aromatic N) is 1. The van der Waals surface area contributed by atoms with E-state index in [1.807, 2.05) is 0 Å². The topological polar surface area (TPSA) is 103 Å². The van der Waals surface area contributed by atoms with Crippen LogP contribution in [0.2, 0.25) is 0 Å². The summed E-state index contributed by atoms with van der Waals surface area (Å²) < 4.78 is 10.2. The van der Waals surface area contributed by atoms with Gasteiger partial charge in [-0.3, -0.25) is 14.9 Å². The van der Waals surface area contributed by atoms with E-state index in [2.05, 4.69) is 10.6 Å². The Bertz CT molecular complexity index is 531. The third kappa shape index (κ3) is 2.58. The lowest BCUT2D eigenvalue weighted by Gasteiger charge is -2.11. The highest BCUT2D eigenvalue weighted by Crippen LogP contribution is 2.40. The molecule has 8 heteroatoms. The number of hydrogen-bond donors (Lipinski definition) is 2. The number of nitro benzene ring substituents is 1. The van der Waals surface area contributed by atoms with Crippen LogP contribution in [0.4, 0.5) is 11.4 Å². The van der Waals surface area contributed by atoms with Gasteiger partial charge in [-0.15, -0.1) is 0 Å². The Kier molecular flexibility index (Phi) is 3.52. The SMILES string of the molecule is CNC(C)C(=O)Nc1cc2c(cc1[N+](=O)[O-])OCO2. The van der Waals surface area contributed by atoms with E-state index in [0.717, 1.165) is 0 Å². The first-order valence-corrected chi connectivity index (χ1v) is 5.59. The second kappa shape index (κ2) is 5.11. The molecule has 0 fully saturated rings. The number of ether oxygens (including phenoxy) is 2. The molecule has 1 heterocycles. The molecule has 0 aliphatic carbocycles. The molecular weight excluding hydrogens is 254 g/mol. The van der Waals surface area contributed by atoms with Gasteiger partial charge >= 0.3 is 0 Å². The highest BCUT2D eigenvalue weighted by molar-refractivity contribution is 5.97. The summed E-state index contributed by atoms with van der Waals surface area (Å²) in [5, 5.41) is 16.2. The van der Waals surface area contributed by atoms with Crippen molar-refractivity contribution in [3.63, 3.8) is 0 Å². The third-order valence-corrected chi connectivity index (χ3v) is 2.77. The molecule has 1 amide bonds. The largest absolute Gasteiger partial charge is 0.454 e. The maximum Gasteiger partial charge on any atom is 0.296 e. The number of rotatable bonds is 4. The minimum atomic E-state index is -0.582. The molecule has 8 nitrogen and oxygen atoms in total. The first-order chi connectivity index (χ1) is 9.02. The van der Waals surface area contributed by atoms with Crippen LogP contribution in [0.15, 0.2) is 12.1 Å². The molecule has 1 aromatic carbocycles. The van der Waals surface area contributed by atoms with Crippen LogP contribution in [0.3, 0.4) is 0 Å². The van der Waals surface area contributed by atoms with E-state index in [1.54, 1.807) is 14.0 Å². The summed E-state index contributed by atoms with van der Waals surface area (Å²) in [4.78, 5) is 22.2. The number of carbonyl (C=O) groups is 1. The Labute approximate surface area is 108 Å². The van der Waals surface area contributed by atoms with Crippen LogP contribution in [0.1, 0.15) is 6.92 Å². The monoisotopic (exact) mass is 267 g/mol. The molecule has 1 atom stereocenters. The molecule has 0 radical (unpaired) electrons. The third-order valence-electron chi connectivity index (χ3n) is 2.77. The van der Waals surface area contributed by atoms with Crippen molar-refractivity contribution in [2.75, 3.05) is 19.2 Å². The standard InChI is InChI=1S/C11H13N3O5/c1-6(12-2)11(15)13-7-3-9-10(19-5-18-9)4-8(7)14(16)17/h3-4,6,12H,5H2,1-2H3,(H,13,15). The van der Waals surface area contributed by atoms with E-state index in [1.165, 1.54) is 12.1 Å². The minimum Gasteiger partial charge on any atom is -0.454 e. The summed E-state index contributed by atoms with van der Waals surface area (Å²) in [6.45, 7) is 1.66. The molecule has 1 aliphatic rings. The van der Waals surface area contributed by atoms with Gasteiger partial charge in [0.15, 0.2) is 11.5 Å². The molecule has 0 saturated heterocycles. The number of amides is 1. The summed E-state index contributed by atoms with van der Waals surface area (Å²) in [7, 11) is 1.62. The van der Waals surface area contributed by atoms with E-state index in [0.29, 0.717) is 11.5 Å². The number of hydrogen-bond acceptors (Lipinski definition) is 6. The van der Waals surface area contributed by atoms with Gasteiger partial charge in [-0.2, -0.15) is 0 Å². The van der Waals surface area contributed by atoms with Crippen LogP contribution < -0.4 is 20.1 Å². The zero-order valence-electron chi connectivity index (χ0n) is 10.4. The Balaban J connectivity index is 2.33. The smallest absolute Gasteiger partial charge is 0.296 e. The molecule has 0 aromatic heterocycles. The van der Waals surface area contributed by atoms with Crippen molar-refractivity contribution in [2.45, 2.75) is 13.0 Å². The zero-order chi connectivity index (χ0) is 14.0. The molecule has 1 aromatic rings. The summed E-state index contributed by atoms with van der Waals surface area (Å²) in [5.41, 5.74) is -0.151. The molecule has 1 aliphatic heterocycles. The molecule has 2 rings (SSSR count). The van der Waals surface area contributed by atoms with Gasteiger partial charge in [0, 0.05) is 6.07 Å². The van der Waals surface area contributed by atoms with Gasteiger partial charge in [-0.1, -0.05) is 0 Å². The predicted octanol–water partition coefficient (Wildman–Crippen LogP) is 0.870. The summed E-state index contributed by atoms with van der Waals surface area (Å²) in [6.07, 6.45) is 0. The fourth-order valence-corrected chi connectivity index (χ4v) is 1.55. The lowest BCUT2D eigenvalue weighted by Crippen LogP contribution is -2.35. The number of anilines is 1. The van der Waals surface area contributed by atoms with Crippen LogP contribution in [0.25, 0.3) is 0 Å². The molecule has 0 spiro atoms. The fraction of sp³-hybridized carbons (Fsp3) is 0.364. The zero-order valence-corrected chi connectivity index (χ0v) is 10.4. The number of nitro groups is 1. The van der Waals surface area contributed by atoms with E-state index >= 15 is 0 Å². The van der Waals surface area contributed by atoms with Gasteiger partial charge in [-0.25, -0.2) is 0 Å². The molecule has 2 N–H and O–H groups in total. The van der Waals surface area contributed by atoms with Gasteiger partial charge in [0.1, 0.15) is 5.69 Å². The average molecular weight is 267 g/mol. The highest BCUT2D eigenvalue weighted by atomic mass is 16.7. The van der Waals surface area contributed by atoms with Crippen molar-refractivity contribution in [1.82, 2.24) is 5.32 Å². The first kappa shape index (κ1) is 13.1. The summed E-state index contributed by atoms with van der Waals surface area (Å²) in [6, 6.07) is 2.16. The number of nitrogens with one attached hydrogen (secondary N) is 2. The molecule has 0 saturated carbocycles. The highest BCUT2D eigenvalue weighted by Gasteiger charge is 2.25. The Hall–Kier alpha value is -2.35. The van der Waals surface area contributed by atoms with Crippen molar-refractivity contribution in [2.24, 2.45) is 0 Å². The number of fused-ring (bicyclic) bond motifs is 1. The summed E-state index contributed by atoms with van der Waals surface area (Å²) >= 11 is 0. The van der Waals surface area contributed by atoms with E-state index in [4.69, 9.17) is 9.47 Å².